The van der Waals surface area contributed by atoms with E-state index in [9.17, 15) is 8.42 Å². The Bertz CT molecular complexity index is 370. The highest BCUT2D eigenvalue weighted by molar-refractivity contribution is 7.88. The summed E-state index contributed by atoms with van der Waals surface area (Å²) < 4.78 is 36.0. The van der Waals surface area contributed by atoms with Crippen molar-refractivity contribution >= 4 is 10.0 Å². The number of sulfonamides is 1. The van der Waals surface area contributed by atoms with Crippen LogP contribution in [0.1, 0.15) is 19.3 Å². The molecule has 2 fully saturated rings. The summed E-state index contributed by atoms with van der Waals surface area (Å²) in [6.07, 6.45) is 4.09. The average molecular weight is 263 g/mol. The van der Waals surface area contributed by atoms with E-state index in [0.717, 1.165) is 19.3 Å². The number of nitrogens with zero attached hydrogens (tertiary/aromatic N) is 1. The van der Waals surface area contributed by atoms with Gasteiger partial charge in [0.25, 0.3) is 0 Å². The van der Waals surface area contributed by atoms with Crippen LogP contribution in [0.5, 0.6) is 0 Å². The lowest BCUT2D eigenvalue weighted by Crippen LogP contribution is -2.58. The summed E-state index contributed by atoms with van der Waals surface area (Å²) in [4.78, 5) is 0. The Morgan fingerprint density at radius 2 is 1.76 bits per heavy atom. The second kappa shape index (κ2) is 4.84. The van der Waals surface area contributed by atoms with Gasteiger partial charge in [-0.2, -0.15) is 4.31 Å². The third-order valence-electron chi connectivity index (χ3n) is 4.08. The van der Waals surface area contributed by atoms with Crippen LogP contribution in [0.2, 0.25) is 0 Å². The largest absolute Gasteiger partial charge is 0.381 e. The predicted octanol–water partition coefficient (Wildman–Crippen LogP) is 0.460. The minimum Gasteiger partial charge on any atom is -0.381 e. The van der Waals surface area contributed by atoms with E-state index in [0.29, 0.717) is 12.5 Å². The molecule has 1 saturated heterocycles. The van der Waals surface area contributed by atoms with Crippen LogP contribution in [-0.2, 0) is 19.5 Å². The Balaban J connectivity index is 2.20. The Hall–Kier alpha value is -0.170. The van der Waals surface area contributed by atoms with Gasteiger partial charge in [0.2, 0.25) is 10.0 Å². The molecule has 4 atom stereocenters. The van der Waals surface area contributed by atoms with Gasteiger partial charge < -0.3 is 9.47 Å². The van der Waals surface area contributed by atoms with Gasteiger partial charge in [0.15, 0.2) is 0 Å². The van der Waals surface area contributed by atoms with Gasteiger partial charge in [-0.1, -0.05) is 0 Å². The first kappa shape index (κ1) is 13.3. The lowest BCUT2D eigenvalue weighted by Gasteiger charge is -2.48. The first-order valence-corrected chi connectivity index (χ1v) is 7.84. The molecule has 2 aliphatic rings. The molecule has 1 aliphatic heterocycles. The van der Waals surface area contributed by atoms with Crippen LogP contribution in [0.3, 0.4) is 0 Å². The van der Waals surface area contributed by atoms with Crippen LogP contribution in [0.4, 0.5) is 0 Å². The van der Waals surface area contributed by atoms with Crippen molar-refractivity contribution in [1.82, 2.24) is 4.31 Å². The molecule has 0 radical (unpaired) electrons. The highest BCUT2D eigenvalue weighted by atomic mass is 32.2. The lowest BCUT2D eigenvalue weighted by molar-refractivity contribution is -0.0962. The van der Waals surface area contributed by atoms with E-state index in [-0.39, 0.29) is 18.2 Å². The molecule has 17 heavy (non-hydrogen) atoms. The summed E-state index contributed by atoms with van der Waals surface area (Å²) in [7, 11) is 0.237. The van der Waals surface area contributed by atoms with Gasteiger partial charge in [-0.25, -0.2) is 8.42 Å². The summed E-state index contributed by atoms with van der Waals surface area (Å²) in [5.41, 5.74) is 0. The summed E-state index contributed by atoms with van der Waals surface area (Å²) >= 11 is 0. The van der Waals surface area contributed by atoms with E-state index in [4.69, 9.17) is 9.47 Å². The minimum absolute atomic E-state index is 0.0498. The lowest BCUT2D eigenvalue weighted by atomic mass is 9.77. The number of fused-ring (bicyclic) bond motifs is 2. The van der Waals surface area contributed by atoms with Crippen LogP contribution in [0.15, 0.2) is 0 Å². The molecular weight excluding hydrogens is 242 g/mol. The zero-order valence-corrected chi connectivity index (χ0v) is 11.4. The molecule has 0 spiro atoms. The highest BCUT2D eigenvalue weighted by Crippen LogP contribution is 2.38. The minimum atomic E-state index is -3.13. The fourth-order valence-corrected chi connectivity index (χ4v) is 4.37. The fraction of sp³-hybridized carbons (Fsp3) is 1.00. The third kappa shape index (κ3) is 2.50. The maximum Gasteiger partial charge on any atom is 0.211 e. The molecule has 5 nitrogen and oxygen atoms in total. The third-order valence-corrected chi connectivity index (χ3v) is 5.38. The zero-order valence-electron chi connectivity index (χ0n) is 10.6. The van der Waals surface area contributed by atoms with E-state index in [1.165, 1.54) is 6.26 Å². The first-order valence-electron chi connectivity index (χ1n) is 5.99. The smallest absolute Gasteiger partial charge is 0.211 e. The monoisotopic (exact) mass is 263 g/mol. The van der Waals surface area contributed by atoms with Crippen molar-refractivity contribution in [2.75, 3.05) is 27.0 Å². The Morgan fingerprint density at radius 1 is 1.12 bits per heavy atom. The molecule has 0 N–H and O–H groups in total. The molecule has 0 unspecified atom stereocenters. The molecule has 0 aromatic heterocycles. The van der Waals surface area contributed by atoms with Crippen molar-refractivity contribution < 1.29 is 17.9 Å². The van der Waals surface area contributed by atoms with Gasteiger partial charge in [-0.3, -0.25) is 0 Å². The van der Waals surface area contributed by atoms with E-state index < -0.39 is 10.0 Å². The van der Waals surface area contributed by atoms with Crippen LogP contribution in [0, 0.1) is 5.92 Å². The number of rotatable bonds is 3. The van der Waals surface area contributed by atoms with E-state index in [2.05, 4.69) is 0 Å². The molecular formula is C11H21NO4S. The quantitative estimate of drug-likeness (QED) is 0.742. The molecule has 0 aromatic carbocycles. The number of hydrogen-bond donors (Lipinski definition) is 0. The van der Waals surface area contributed by atoms with Gasteiger partial charge in [0.1, 0.15) is 0 Å². The normalized spacial score (nSPS) is 39.2. The van der Waals surface area contributed by atoms with Gasteiger partial charge in [0, 0.05) is 32.7 Å². The molecule has 0 aromatic rings. The van der Waals surface area contributed by atoms with Crippen molar-refractivity contribution in [2.24, 2.45) is 5.92 Å². The van der Waals surface area contributed by atoms with Crippen molar-refractivity contribution in [2.45, 2.75) is 37.5 Å². The number of ether oxygens (including phenoxy) is 2. The standard InChI is InChI=1S/C11H21NO4S/c1-15-10-5-4-8-6-9(10)11(16-2)7-12(8)17(3,13)14/h8-11H,4-7H2,1-3H3/t8-,9-,10+,11+/m1/s1. The summed E-state index contributed by atoms with van der Waals surface area (Å²) in [5.74, 6) is 0.321. The van der Waals surface area contributed by atoms with Crippen LogP contribution >= 0.6 is 0 Å². The second-order valence-electron chi connectivity index (χ2n) is 5.01. The van der Waals surface area contributed by atoms with Gasteiger partial charge in [0.05, 0.1) is 18.5 Å². The molecule has 0 amide bonds. The highest BCUT2D eigenvalue weighted by Gasteiger charge is 2.46. The van der Waals surface area contributed by atoms with Gasteiger partial charge >= 0.3 is 0 Å². The van der Waals surface area contributed by atoms with Crippen LogP contribution < -0.4 is 0 Å². The molecule has 1 saturated carbocycles. The molecule has 2 bridgehead atoms. The van der Waals surface area contributed by atoms with Crippen molar-refractivity contribution in [3.05, 3.63) is 0 Å². The topological polar surface area (TPSA) is 55.8 Å². The summed E-state index contributed by atoms with van der Waals surface area (Å²) in [6.45, 7) is 0.463. The Kier molecular flexibility index (Phi) is 3.77. The maximum atomic E-state index is 11.7. The zero-order chi connectivity index (χ0) is 12.6. The van der Waals surface area contributed by atoms with E-state index >= 15 is 0 Å². The number of methoxy groups -OCH3 is 2. The van der Waals surface area contributed by atoms with Crippen molar-refractivity contribution in [3.63, 3.8) is 0 Å². The number of hydrogen-bond acceptors (Lipinski definition) is 4. The van der Waals surface area contributed by atoms with E-state index in [1.54, 1.807) is 18.5 Å². The summed E-state index contributed by atoms with van der Waals surface area (Å²) in [5, 5.41) is 0. The molecule has 100 valence electrons. The average Bonchev–Trinajstić information content (AvgIpc) is 2.28. The fourth-order valence-electron chi connectivity index (χ4n) is 3.22. The van der Waals surface area contributed by atoms with Crippen molar-refractivity contribution in [3.8, 4) is 0 Å². The predicted molar refractivity (Wildman–Crippen MR) is 64.3 cm³/mol. The molecule has 1 aliphatic carbocycles. The van der Waals surface area contributed by atoms with E-state index in [1.807, 2.05) is 0 Å². The second-order valence-corrected chi connectivity index (χ2v) is 6.95. The first-order chi connectivity index (χ1) is 7.97. The maximum absolute atomic E-state index is 11.7. The molecule has 2 rings (SSSR count). The SMILES string of the molecule is CO[C@H]1CC[C@@H]2C[C@H]1[C@@H](OC)CN2S(C)(=O)=O. The Morgan fingerprint density at radius 3 is 2.29 bits per heavy atom. The molecule has 6 heteroatoms. The van der Waals surface area contributed by atoms with Crippen molar-refractivity contribution in [1.29, 1.82) is 0 Å². The number of piperidine rings is 1. The van der Waals surface area contributed by atoms with Gasteiger partial charge in [-0.05, 0) is 19.3 Å². The van der Waals surface area contributed by atoms with Crippen LogP contribution in [0.25, 0.3) is 0 Å². The molecule has 1 heterocycles. The Labute approximate surface area is 103 Å². The summed E-state index contributed by atoms with van der Waals surface area (Å²) in [6, 6.07) is 0.132. The van der Waals surface area contributed by atoms with Gasteiger partial charge in [-0.15, -0.1) is 0 Å². The van der Waals surface area contributed by atoms with Crippen LogP contribution in [-0.4, -0.2) is 58.0 Å².